The van der Waals surface area contributed by atoms with Crippen molar-refractivity contribution in [3.8, 4) is 0 Å². The minimum absolute atomic E-state index is 0.0601. The van der Waals surface area contributed by atoms with Gasteiger partial charge in [-0.1, -0.05) is 18.2 Å². The largest absolute Gasteiger partial charge is 0.394 e. The summed E-state index contributed by atoms with van der Waals surface area (Å²) in [5.74, 6) is -0.211. The number of rotatable bonds is 8. The van der Waals surface area contributed by atoms with Crippen molar-refractivity contribution in [3.05, 3.63) is 42.5 Å². The first-order chi connectivity index (χ1) is 10.4. The van der Waals surface area contributed by atoms with Crippen molar-refractivity contribution in [2.75, 3.05) is 11.9 Å². The average Bonchev–Trinajstić information content (AvgIpc) is 2.46. The lowest BCUT2D eigenvalue weighted by Crippen LogP contribution is -2.46. The second-order valence-electron chi connectivity index (χ2n) is 5.84. The van der Waals surface area contributed by atoms with Crippen molar-refractivity contribution in [1.29, 1.82) is 0 Å². The second-order valence-corrected chi connectivity index (χ2v) is 5.84. The van der Waals surface area contributed by atoms with Gasteiger partial charge in [0.1, 0.15) is 0 Å². The van der Waals surface area contributed by atoms with Crippen LogP contribution in [0.5, 0.6) is 0 Å². The summed E-state index contributed by atoms with van der Waals surface area (Å²) in [6, 6.07) is 7.14. The highest BCUT2D eigenvalue weighted by Crippen LogP contribution is 2.11. The van der Waals surface area contributed by atoms with Crippen LogP contribution in [0.2, 0.25) is 0 Å². The van der Waals surface area contributed by atoms with Crippen LogP contribution in [0.15, 0.2) is 36.9 Å². The third-order valence-electron chi connectivity index (χ3n) is 3.05. The van der Waals surface area contributed by atoms with Gasteiger partial charge in [-0.3, -0.25) is 9.59 Å². The molecule has 2 amide bonds. The van der Waals surface area contributed by atoms with Crippen LogP contribution in [0.25, 0.3) is 0 Å². The zero-order chi connectivity index (χ0) is 16.6. The Labute approximate surface area is 131 Å². The first kappa shape index (κ1) is 17.9. The van der Waals surface area contributed by atoms with E-state index in [1.807, 2.05) is 0 Å². The van der Waals surface area contributed by atoms with Crippen molar-refractivity contribution in [1.82, 2.24) is 5.32 Å². The van der Waals surface area contributed by atoms with Gasteiger partial charge >= 0.3 is 0 Å². The van der Waals surface area contributed by atoms with Crippen LogP contribution in [0.1, 0.15) is 32.3 Å². The van der Waals surface area contributed by atoms with Crippen LogP contribution in [0.3, 0.4) is 0 Å². The maximum atomic E-state index is 11.9. The molecule has 0 saturated carbocycles. The molecule has 120 valence electrons. The number of amides is 2. The summed E-state index contributed by atoms with van der Waals surface area (Å²) in [6.45, 7) is 6.97. The topological polar surface area (TPSA) is 78.4 Å². The van der Waals surface area contributed by atoms with Crippen LogP contribution in [-0.2, 0) is 16.0 Å². The maximum Gasteiger partial charge on any atom is 0.224 e. The summed E-state index contributed by atoms with van der Waals surface area (Å²) in [5, 5.41) is 14.7. The maximum absolute atomic E-state index is 11.9. The van der Waals surface area contributed by atoms with Crippen molar-refractivity contribution in [3.63, 3.8) is 0 Å². The van der Waals surface area contributed by atoms with E-state index < -0.39 is 5.54 Å². The van der Waals surface area contributed by atoms with E-state index in [0.717, 1.165) is 5.56 Å². The molecule has 0 aliphatic heterocycles. The molecule has 0 fully saturated rings. The Hall–Kier alpha value is -2.14. The molecule has 0 aliphatic rings. The Bertz CT molecular complexity index is 521. The molecule has 5 nitrogen and oxygen atoms in total. The quantitative estimate of drug-likeness (QED) is 0.643. The van der Waals surface area contributed by atoms with Gasteiger partial charge in [-0.25, -0.2) is 0 Å². The van der Waals surface area contributed by atoms with Gasteiger partial charge in [-0.15, -0.1) is 6.58 Å². The smallest absolute Gasteiger partial charge is 0.224 e. The molecule has 0 saturated heterocycles. The fourth-order valence-electron chi connectivity index (χ4n) is 1.81. The van der Waals surface area contributed by atoms with Gasteiger partial charge in [0.15, 0.2) is 0 Å². The standard InChI is InChI=1S/C17H24N2O3/c1-4-5-6-15(21)18-14-9-7-13(8-10-14)11-16(22)19-17(2,3)12-20/h4,7-10,20H,1,5-6,11-12H2,2-3H3,(H,18,21)(H,19,22). The highest BCUT2D eigenvalue weighted by atomic mass is 16.3. The molecule has 0 atom stereocenters. The Kier molecular flexibility index (Phi) is 6.79. The normalized spacial score (nSPS) is 10.9. The molecule has 1 rings (SSSR count). The first-order valence-corrected chi connectivity index (χ1v) is 7.28. The minimum Gasteiger partial charge on any atom is -0.394 e. The van der Waals surface area contributed by atoms with Crippen molar-refractivity contribution < 1.29 is 14.7 Å². The molecule has 0 unspecified atom stereocenters. The van der Waals surface area contributed by atoms with Gasteiger partial charge in [-0.2, -0.15) is 0 Å². The lowest BCUT2D eigenvalue weighted by molar-refractivity contribution is -0.122. The van der Waals surface area contributed by atoms with Gasteiger partial charge in [-0.05, 0) is 38.0 Å². The molecule has 1 aromatic rings. The molecule has 0 aromatic heterocycles. The molecule has 0 spiro atoms. The molecule has 5 heteroatoms. The molecular formula is C17H24N2O3. The van der Waals surface area contributed by atoms with E-state index in [1.54, 1.807) is 44.2 Å². The Morgan fingerprint density at radius 3 is 2.41 bits per heavy atom. The summed E-state index contributed by atoms with van der Waals surface area (Å²) >= 11 is 0. The number of carbonyl (C=O) groups is 2. The number of benzene rings is 1. The van der Waals surface area contributed by atoms with Gasteiger partial charge in [0.25, 0.3) is 0 Å². The van der Waals surface area contributed by atoms with E-state index in [2.05, 4.69) is 17.2 Å². The third kappa shape index (κ3) is 6.54. The third-order valence-corrected chi connectivity index (χ3v) is 3.05. The average molecular weight is 304 g/mol. The number of aliphatic hydroxyl groups excluding tert-OH is 1. The molecule has 0 heterocycles. The molecular weight excluding hydrogens is 280 g/mol. The summed E-state index contributed by atoms with van der Waals surface area (Å²) in [7, 11) is 0. The fraction of sp³-hybridized carbons (Fsp3) is 0.412. The SMILES string of the molecule is C=CCCC(=O)Nc1ccc(CC(=O)NC(C)(C)CO)cc1. The van der Waals surface area contributed by atoms with E-state index in [1.165, 1.54) is 0 Å². The van der Waals surface area contributed by atoms with Gasteiger partial charge in [0, 0.05) is 12.1 Å². The molecule has 22 heavy (non-hydrogen) atoms. The monoisotopic (exact) mass is 304 g/mol. The Morgan fingerprint density at radius 2 is 1.86 bits per heavy atom. The zero-order valence-electron chi connectivity index (χ0n) is 13.2. The Balaban J connectivity index is 2.53. The van der Waals surface area contributed by atoms with Crippen LogP contribution in [-0.4, -0.2) is 29.1 Å². The fourth-order valence-corrected chi connectivity index (χ4v) is 1.81. The number of aliphatic hydroxyl groups is 1. The molecule has 0 radical (unpaired) electrons. The molecule has 1 aromatic carbocycles. The first-order valence-electron chi connectivity index (χ1n) is 7.28. The van der Waals surface area contributed by atoms with Crippen molar-refractivity contribution in [2.24, 2.45) is 0 Å². The number of hydrogen-bond donors (Lipinski definition) is 3. The van der Waals surface area contributed by atoms with E-state index in [4.69, 9.17) is 5.11 Å². The van der Waals surface area contributed by atoms with E-state index in [-0.39, 0.29) is 24.8 Å². The number of hydrogen-bond acceptors (Lipinski definition) is 3. The van der Waals surface area contributed by atoms with Crippen molar-refractivity contribution in [2.45, 2.75) is 38.6 Å². The zero-order valence-corrected chi connectivity index (χ0v) is 13.2. The van der Waals surface area contributed by atoms with Gasteiger partial charge in [0.2, 0.25) is 11.8 Å². The van der Waals surface area contributed by atoms with E-state index >= 15 is 0 Å². The van der Waals surface area contributed by atoms with Crippen LogP contribution < -0.4 is 10.6 Å². The summed E-state index contributed by atoms with van der Waals surface area (Å²) in [4.78, 5) is 23.4. The lowest BCUT2D eigenvalue weighted by atomic mass is 10.1. The lowest BCUT2D eigenvalue weighted by Gasteiger charge is -2.23. The second kappa shape index (κ2) is 8.34. The summed E-state index contributed by atoms with van der Waals surface area (Å²) < 4.78 is 0. The molecule has 0 aliphatic carbocycles. The number of anilines is 1. The van der Waals surface area contributed by atoms with Crippen molar-refractivity contribution >= 4 is 17.5 Å². The minimum atomic E-state index is -0.629. The number of allylic oxidation sites excluding steroid dienone is 1. The van der Waals surface area contributed by atoms with E-state index in [9.17, 15) is 9.59 Å². The van der Waals surface area contributed by atoms with Gasteiger partial charge < -0.3 is 15.7 Å². The summed E-state index contributed by atoms with van der Waals surface area (Å²) in [5.41, 5.74) is 0.917. The van der Waals surface area contributed by atoms with Crippen LogP contribution in [0, 0.1) is 0 Å². The number of carbonyl (C=O) groups excluding carboxylic acids is 2. The predicted molar refractivity (Wildman–Crippen MR) is 87.5 cm³/mol. The van der Waals surface area contributed by atoms with E-state index in [0.29, 0.717) is 18.5 Å². The number of nitrogens with one attached hydrogen (secondary N) is 2. The molecule has 3 N–H and O–H groups in total. The summed E-state index contributed by atoms with van der Waals surface area (Å²) in [6.07, 6.45) is 2.98. The van der Waals surface area contributed by atoms with Gasteiger partial charge in [0.05, 0.1) is 18.6 Å². The highest BCUT2D eigenvalue weighted by molar-refractivity contribution is 5.90. The molecule has 0 bridgehead atoms. The predicted octanol–water partition coefficient (Wildman–Crippen LogP) is 2.02. The Morgan fingerprint density at radius 1 is 1.23 bits per heavy atom. The highest BCUT2D eigenvalue weighted by Gasteiger charge is 2.18. The van der Waals surface area contributed by atoms with Crippen LogP contribution >= 0.6 is 0 Å². The van der Waals surface area contributed by atoms with Crippen LogP contribution in [0.4, 0.5) is 5.69 Å².